The molecular formula is C14H22N4O3. The largest absolute Gasteiger partial charge is 0.481 e. The molecular weight excluding hydrogens is 272 g/mol. The van der Waals surface area contributed by atoms with Gasteiger partial charge in [0.05, 0.1) is 5.92 Å². The fraction of sp³-hybridized carbons (Fsp3) is 0.643. The van der Waals surface area contributed by atoms with Crippen LogP contribution in [0.3, 0.4) is 0 Å². The van der Waals surface area contributed by atoms with Crippen molar-refractivity contribution < 1.29 is 14.7 Å². The molecule has 2 rings (SSSR count). The number of carbonyl (C=O) groups is 2. The molecule has 1 saturated heterocycles. The van der Waals surface area contributed by atoms with Crippen LogP contribution in [-0.4, -0.2) is 50.7 Å². The van der Waals surface area contributed by atoms with Crippen molar-refractivity contribution in [3.05, 3.63) is 18.2 Å². The molecule has 0 aliphatic carbocycles. The van der Waals surface area contributed by atoms with Crippen molar-refractivity contribution in [3.8, 4) is 0 Å². The van der Waals surface area contributed by atoms with Gasteiger partial charge in [-0.2, -0.15) is 0 Å². The number of nitrogens with one attached hydrogen (secondary N) is 1. The third kappa shape index (κ3) is 3.74. The lowest BCUT2D eigenvalue weighted by Gasteiger charge is -2.36. The Morgan fingerprint density at radius 1 is 1.52 bits per heavy atom. The van der Waals surface area contributed by atoms with Gasteiger partial charge in [0.1, 0.15) is 5.82 Å². The second-order valence-electron chi connectivity index (χ2n) is 5.54. The molecule has 2 heterocycles. The van der Waals surface area contributed by atoms with E-state index in [0.717, 1.165) is 5.82 Å². The van der Waals surface area contributed by atoms with Gasteiger partial charge in [-0.15, -0.1) is 0 Å². The zero-order valence-electron chi connectivity index (χ0n) is 12.5. The maximum Gasteiger partial charge on any atom is 0.317 e. The van der Waals surface area contributed by atoms with Gasteiger partial charge in [0.15, 0.2) is 0 Å². The molecule has 1 aliphatic rings. The monoisotopic (exact) mass is 294 g/mol. The number of hydrogen-bond donors (Lipinski definition) is 2. The first-order chi connectivity index (χ1) is 9.99. The van der Waals surface area contributed by atoms with E-state index in [1.54, 1.807) is 11.1 Å². The van der Waals surface area contributed by atoms with Crippen LogP contribution >= 0.6 is 0 Å². The van der Waals surface area contributed by atoms with Crippen LogP contribution in [0.1, 0.15) is 25.6 Å². The van der Waals surface area contributed by atoms with E-state index < -0.39 is 5.97 Å². The highest BCUT2D eigenvalue weighted by Crippen LogP contribution is 2.22. The lowest BCUT2D eigenvalue weighted by atomic mass is 9.92. The summed E-state index contributed by atoms with van der Waals surface area (Å²) >= 11 is 0. The number of hydrogen-bond acceptors (Lipinski definition) is 3. The molecule has 0 saturated carbocycles. The molecule has 116 valence electrons. The Kier molecular flexibility index (Phi) is 4.82. The molecule has 1 aromatic heterocycles. The van der Waals surface area contributed by atoms with Crippen molar-refractivity contribution >= 4 is 12.0 Å². The van der Waals surface area contributed by atoms with Crippen LogP contribution in [0, 0.1) is 5.92 Å². The molecule has 2 amide bonds. The van der Waals surface area contributed by atoms with Crippen LogP contribution < -0.4 is 5.32 Å². The minimum atomic E-state index is -0.767. The average molecular weight is 294 g/mol. The Morgan fingerprint density at radius 3 is 2.86 bits per heavy atom. The smallest absolute Gasteiger partial charge is 0.317 e. The first-order valence-corrected chi connectivity index (χ1v) is 7.22. The molecule has 7 nitrogen and oxygen atoms in total. The molecule has 0 spiro atoms. The number of aromatic nitrogens is 2. The van der Waals surface area contributed by atoms with Crippen LogP contribution in [0.2, 0.25) is 0 Å². The van der Waals surface area contributed by atoms with Gasteiger partial charge in [-0.05, 0) is 19.8 Å². The third-order valence-electron chi connectivity index (χ3n) is 4.03. The number of urea groups is 1. The molecule has 0 radical (unpaired) electrons. The zero-order valence-corrected chi connectivity index (χ0v) is 12.5. The van der Waals surface area contributed by atoms with Gasteiger partial charge in [0.2, 0.25) is 0 Å². The summed E-state index contributed by atoms with van der Waals surface area (Å²) < 4.78 is 1.92. The van der Waals surface area contributed by atoms with E-state index in [1.807, 2.05) is 24.7 Å². The number of aryl methyl sites for hydroxylation is 1. The van der Waals surface area contributed by atoms with Crippen LogP contribution in [0.25, 0.3) is 0 Å². The molecule has 0 bridgehead atoms. The maximum atomic E-state index is 12.1. The standard InChI is InChI=1S/C14H22N4O3/c1-10-9-11(13(19)20)4-7-18(10)14(21)16-5-3-12-15-6-8-17(12)2/h6,8,10-11H,3-5,7,9H2,1-2H3,(H,16,21)(H,19,20). The maximum absolute atomic E-state index is 12.1. The highest BCUT2D eigenvalue weighted by molar-refractivity contribution is 5.75. The molecule has 1 aliphatic heterocycles. The molecule has 2 atom stereocenters. The van der Waals surface area contributed by atoms with Crippen molar-refractivity contribution in [1.29, 1.82) is 0 Å². The van der Waals surface area contributed by atoms with E-state index >= 15 is 0 Å². The van der Waals surface area contributed by atoms with E-state index in [9.17, 15) is 9.59 Å². The van der Waals surface area contributed by atoms with Gasteiger partial charge < -0.3 is 19.9 Å². The van der Waals surface area contributed by atoms with Crippen LogP contribution in [-0.2, 0) is 18.3 Å². The lowest BCUT2D eigenvalue weighted by Crippen LogP contribution is -2.50. The summed E-state index contributed by atoms with van der Waals surface area (Å²) in [5.74, 6) is -0.179. The van der Waals surface area contributed by atoms with Gasteiger partial charge in [-0.25, -0.2) is 9.78 Å². The minimum absolute atomic E-state index is 0.0481. The van der Waals surface area contributed by atoms with Gasteiger partial charge in [0, 0.05) is 45.0 Å². The van der Waals surface area contributed by atoms with E-state index in [1.165, 1.54) is 0 Å². The first-order valence-electron chi connectivity index (χ1n) is 7.22. The van der Waals surface area contributed by atoms with E-state index in [-0.39, 0.29) is 18.0 Å². The molecule has 7 heteroatoms. The SMILES string of the molecule is CC1CC(C(=O)O)CCN1C(=O)NCCc1nccn1C. The zero-order chi connectivity index (χ0) is 15.4. The number of carbonyl (C=O) groups excluding carboxylic acids is 1. The van der Waals surface area contributed by atoms with Gasteiger partial charge >= 0.3 is 12.0 Å². The molecule has 2 unspecified atom stereocenters. The predicted molar refractivity (Wildman–Crippen MR) is 76.8 cm³/mol. The van der Waals surface area contributed by atoms with Crippen LogP contribution in [0.4, 0.5) is 4.79 Å². The number of nitrogens with zero attached hydrogens (tertiary/aromatic N) is 3. The Balaban J connectivity index is 1.78. The van der Waals surface area contributed by atoms with E-state index in [4.69, 9.17) is 5.11 Å². The fourth-order valence-corrected chi connectivity index (χ4v) is 2.72. The number of rotatable bonds is 4. The van der Waals surface area contributed by atoms with E-state index in [2.05, 4.69) is 10.3 Å². The highest BCUT2D eigenvalue weighted by atomic mass is 16.4. The van der Waals surface area contributed by atoms with Crippen molar-refractivity contribution in [2.24, 2.45) is 13.0 Å². The number of piperidine rings is 1. The summed E-state index contributed by atoms with van der Waals surface area (Å²) in [6.07, 6.45) is 5.32. The second kappa shape index (κ2) is 6.60. The number of carboxylic acid groups (broad SMARTS) is 1. The van der Waals surface area contributed by atoms with E-state index in [0.29, 0.717) is 32.4 Å². The quantitative estimate of drug-likeness (QED) is 0.862. The average Bonchev–Trinajstić information content (AvgIpc) is 2.84. The Hall–Kier alpha value is -2.05. The number of aliphatic carboxylic acids is 1. The number of carboxylic acids is 1. The number of imidazole rings is 1. The molecule has 0 aromatic carbocycles. The van der Waals surface area contributed by atoms with Crippen molar-refractivity contribution in [3.63, 3.8) is 0 Å². The van der Waals surface area contributed by atoms with Crippen molar-refractivity contribution in [2.75, 3.05) is 13.1 Å². The third-order valence-corrected chi connectivity index (χ3v) is 4.03. The van der Waals surface area contributed by atoms with Gasteiger partial charge in [0.25, 0.3) is 0 Å². The Morgan fingerprint density at radius 2 is 2.29 bits per heavy atom. The Bertz CT molecular complexity index is 514. The summed E-state index contributed by atoms with van der Waals surface area (Å²) in [7, 11) is 1.92. The summed E-state index contributed by atoms with van der Waals surface area (Å²) in [6, 6.07) is -0.173. The second-order valence-corrected chi connectivity index (χ2v) is 5.54. The summed E-state index contributed by atoms with van der Waals surface area (Å²) in [5.41, 5.74) is 0. The summed E-state index contributed by atoms with van der Waals surface area (Å²) in [6.45, 7) is 2.91. The van der Waals surface area contributed by atoms with Crippen molar-refractivity contribution in [1.82, 2.24) is 19.8 Å². The van der Waals surface area contributed by atoms with Gasteiger partial charge in [-0.3, -0.25) is 4.79 Å². The van der Waals surface area contributed by atoms with Crippen LogP contribution in [0.15, 0.2) is 12.4 Å². The highest BCUT2D eigenvalue weighted by Gasteiger charge is 2.31. The normalized spacial score (nSPS) is 22.1. The van der Waals surface area contributed by atoms with Gasteiger partial charge in [-0.1, -0.05) is 0 Å². The Labute approximate surface area is 124 Å². The summed E-state index contributed by atoms with van der Waals surface area (Å²) in [4.78, 5) is 29.0. The molecule has 1 aromatic rings. The molecule has 2 N–H and O–H groups in total. The lowest BCUT2D eigenvalue weighted by molar-refractivity contribution is -0.143. The van der Waals surface area contributed by atoms with Crippen LogP contribution in [0.5, 0.6) is 0 Å². The molecule has 21 heavy (non-hydrogen) atoms. The van der Waals surface area contributed by atoms with Crippen molar-refractivity contribution in [2.45, 2.75) is 32.2 Å². The predicted octanol–water partition coefficient (Wildman–Crippen LogP) is 0.857. The molecule has 1 fully saturated rings. The summed E-state index contributed by atoms with van der Waals surface area (Å²) in [5, 5.41) is 11.9. The number of amides is 2. The first kappa shape index (κ1) is 15.3. The minimum Gasteiger partial charge on any atom is -0.481 e. The fourth-order valence-electron chi connectivity index (χ4n) is 2.72. The number of likely N-dealkylation sites (tertiary alicyclic amines) is 1. The topological polar surface area (TPSA) is 87.5 Å².